The predicted molar refractivity (Wildman–Crippen MR) is 86.6 cm³/mol. The third kappa shape index (κ3) is 3.56. The summed E-state index contributed by atoms with van der Waals surface area (Å²) in [6, 6.07) is 8.30. The Bertz CT molecular complexity index is 482. The molecular weight excluding hydrogens is 264 g/mol. The van der Waals surface area contributed by atoms with Crippen molar-refractivity contribution in [3.8, 4) is 0 Å². The van der Waals surface area contributed by atoms with Crippen LogP contribution in [0.4, 0.5) is 11.4 Å². The fourth-order valence-corrected chi connectivity index (χ4v) is 2.71. The Labute approximate surface area is 127 Å². The van der Waals surface area contributed by atoms with Crippen molar-refractivity contribution in [1.29, 1.82) is 0 Å². The van der Waals surface area contributed by atoms with Crippen LogP contribution < -0.4 is 10.6 Å². The van der Waals surface area contributed by atoms with Crippen LogP contribution in [0, 0.1) is 5.41 Å². The summed E-state index contributed by atoms with van der Waals surface area (Å²) < 4.78 is 5.75. The Morgan fingerprint density at radius 1 is 1.24 bits per heavy atom. The summed E-state index contributed by atoms with van der Waals surface area (Å²) in [7, 11) is 0. The SMILES string of the molecule is CCOC1CC(Nc2ccc(NC(=O)CC)cc2)C1(C)C. The Kier molecular flexibility index (Phi) is 4.88. The van der Waals surface area contributed by atoms with Gasteiger partial charge in [-0.3, -0.25) is 4.79 Å². The van der Waals surface area contributed by atoms with Gasteiger partial charge in [0.05, 0.1) is 6.10 Å². The maximum atomic E-state index is 11.3. The maximum absolute atomic E-state index is 11.3. The first-order valence-corrected chi connectivity index (χ1v) is 7.75. The van der Waals surface area contributed by atoms with Gasteiger partial charge in [-0.05, 0) is 37.6 Å². The molecule has 0 bridgehead atoms. The van der Waals surface area contributed by atoms with E-state index in [2.05, 4.69) is 24.5 Å². The van der Waals surface area contributed by atoms with Crippen LogP contribution in [-0.2, 0) is 9.53 Å². The molecule has 2 N–H and O–H groups in total. The van der Waals surface area contributed by atoms with Gasteiger partial charge in [-0.2, -0.15) is 0 Å². The van der Waals surface area contributed by atoms with Crippen LogP contribution in [0.5, 0.6) is 0 Å². The van der Waals surface area contributed by atoms with Crippen molar-refractivity contribution >= 4 is 17.3 Å². The van der Waals surface area contributed by atoms with Crippen LogP contribution >= 0.6 is 0 Å². The van der Waals surface area contributed by atoms with Crippen molar-refractivity contribution in [2.75, 3.05) is 17.2 Å². The second kappa shape index (κ2) is 6.48. The van der Waals surface area contributed by atoms with Crippen LogP contribution in [0.3, 0.4) is 0 Å². The van der Waals surface area contributed by atoms with Crippen LogP contribution in [-0.4, -0.2) is 24.7 Å². The summed E-state index contributed by atoms with van der Waals surface area (Å²) in [5.74, 6) is 0.0374. The zero-order valence-electron chi connectivity index (χ0n) is 13.4. The van der Waals surface area contributed by atoms with E-state index >= 15 is 0 Å². The van der Waals surface area contributed by atoms with Crippen LogP contribution in [0.2, 0.25) is 0 Å². The molecule has 1 aliphatic carbocycles. The normalized spacial score (nSPS) is 23.2. The van der Waals surface area contributed by atoms with Gasteiger partial charge < -0.3 is 15.4 Å². The van der Waals surface area contributed by atoms with Gasteiger partial charge in [0.1, 0.15) is 0 Å². The summed E-state index contributed by atoms with van der Waals surface area (Å²) in [5, 5.41) is 6.41. The van der Waals surface area contributed by atoms with Gasteiger partial charge in [0, 0.05) is 35.9 Å². The monoisotopic (exact) mass is 290 g/mol. The molecule has 1 aromatic rings. The molecule has 0 spiro atoms. The van der Waals surface area contributed by atoms with E-state index in [0.29, 0.717) is 18.6 Å². The lowest BCUT2D eigenvalue weighted by atomic mass is 9.64. The minimum absolute atomic E-state index is 0.0374. The van der Waals surface area contributed by atoms with Gasteiger partial charge in [0.2, 0.25) is 5.91 Å². The number of hydrogen-bond acceptors (Lipinski definition) is 3. The third-order valence-corrected chi connectivity index (χ3v) is 4.38. The molecule has 116 valence electrons. The van der Waals surface area contributed by atoms with Gasteiger partial charge >= 0.3 is 0 Å². The average molecular weight is 290 g/mol. The highest BCUT2D eigenvalue weighted by atomic mass is 16.5. The highest BCUT2D eigenvalue weighted by molar-refractivity contribution is 5.90. The van der Waals surface area contributed by atoms with E-state index in [9.17, 15) is 4.79 Å². The first-order valence-electron chi connectivity index (χ1n) is 7.75. The molecule has 0 heterocycles. The molecule has 1 saturated carbocycles. The maximum Gasteiger partial charge on any atom is 0.224 e. The Hall–Kier alpha value is -1.55. The smallest absolute Gasteiger partial charge is 0.224 e. The first kappa shape index (κ1) is 15.8. The molecule has 1 aromatic carbocycles. The van der Waals surface area contributed by atoms with Gasteiger partial charge in [-0.1, -0.05) is 20.8 Å². The number of rotatable bonds is 6. The second-order valence-electron chi connectivity index (χ2n) is 6.18. The van der Waals surface area contributed by atoms with Crippen molar-refractivity contribution in [2.45, 2.75) is 52.7 Å². The molecular formula is C17H26N2O2. The minimum Gasteiger partial charge on any atom is -0.382 e. The molecule has 1 fully saturated rings. The van der Waals surface area contributed by atoms with E-state index in [4.69, 9.17) is 4.74 Å². The standard InChI is InChI=1S/C17H26N2O2/c1-5-16(20)19-13-9-7-12(8-10-13)18-14-11-15(21-6-2)17(14,3)4/h7-10,14-15,18H,5-6,11H2,1-4H3,(H,19,20). The van der Waals surface area contributed by atoms with Crippen molar-refractivity contribution in [3.63, 3.8) is 0 Å². The molecule has 1 aliphatic rings. The summed E-state index contributed by atoms with van der Waals surface area (Å²) in [5.41, 5.74) is 2.07. The zero-order chi connectivity index (χ0) is 15.5. The lowest BCUT2D eigenvalue weighted by Gasteiger charge is -2.52. The van der Waals surface area contributed by atoms with Crippen LogP contribution in [0.15, 0.2) is 24.3 Å². The van der Waals surface area contributed by atoms with E-state index < -0.39 is 0 Å². The molecule has 21 heavy (non-hydrogen) atoms. The van der Waals surface area contributed by atoms with Crippen molar-refractivity contribution in [2.24, 2.45) is 5.41 Å². The van der Waals surface area contributed by atoms with Crippen molar-refractivity contribution in [3.05, 3.63) is 24.3 Å². The molecule has 1 amide bonds. The number of anilines is 2. The second-order valence-corrected chi connectivity index (χ2v) is 6.18. The summed E-state index contributed by atoms with van der Waals surface area (Å²) in [6.45, 7) is 9.14. The van der Waals surface area contributed by atoms with Gasteiger partial charge in [0.25, 0.3) is 0 Å². The quantitative estimate of drug-likeness (QED) is 0.841. The summed E-state index contributed by atoms with van der Waals surface area (Å²) in [4.78, 5) is 11.3. The third-order valence-electron chi connectivity index (χ3n) is 4.38. The zero-order valence-corrected chi connectivity index (χ0v) is 13.4. The predicted octanol–water partition coefficient (Wildman–Crippen LogP) is 3.65. The number of carbonyl (C=O) groups excluding carboxylic acids is 1. The fourth-order valence-electron chi connectivity index (χ4n) is 2.71. The van der Waals surface area contributed by atoms with Gasteiger partial charge in [0.15, 0.2) is 0 Å². The van der Waals surface area contributed by atoms with E-state index in [1.807, 2.05) is 38.1 Å². The fraction of sp³-hybridized carbons (Fsp3) is 0.588. The molecule has 0 radical (unpaired) electrons. The Morgan fingerprint density at radius 3 is 2.38 bits per heavy atom. The highest BCUT2D eigenvalue weighted by Crippen LogP contribution is 2.44. The molecule has 0 saturated heterocycles. The number of hydrogen-bond donors (Lipinski definition) is 2. The van der Waals surface area contributed by atoms with Crippen molar-refractivity contribution < 1.29 is 9.53 Å². The molecule has 4 heteroatoms. The lowest BCUT2D eigenvalue weighted by molar-refractivity contribution is -0.115. The topological polar surface area (TPSA) is 50.4 Å². The largest absolute Gasteiger partial charge is 0.382 e. The molecule has 0 aliphatic heterocycles. The van der Waals surface area contributed by atoms with Gasteiger partial charge in [-0.15, -0.1) is 0 Å². The van der Waals surface area contributed by atoms with E-state index in [1.54, 1.807) is 0 Å². The number of amides is 1. The van der Waals surface area contributed by atoms with E-state index in [0.717, 1.165) is 24.4 Å². The summed E-state index contributed by atoms with van der Waals surface area (Å²) >= 11 is 0. The number of carbonyl (C=O) groups is 1. The molecule has 2 rings (SSSR count). The van der Waals surface area contributed by atoms with E-state index in [1.165, 1.54) is 0 Å². The van der Waals surface area contributed by atoms with Crippen LogP contribution in [0.1, 0.15) is 40.5 Å². The minimum atomic E-state index is 0.0374. The molecule has 0 aromatic heterocycles. The Balaban J connectivity index is 1.91. The Morgan fingerprint density at radius 2 is 1.86 bits per heavy atom. The number of ether oxygens (including phenoxy) is 1. The van der Waals surface area contributed by atoms with Gasteiger partial charge in [-0.25, -0.2) is 0 Å². The lowest BCUT2D eigenvalue weighted by Crippen LogP contribution is -2.58. The van der Waals surface area contributed by atoms with Crippen LogP contribution in [0.25, 0.3) is 0 Å². The summed E-state index contributed by atoms with van der Waals surface area (Å²) in [6.07, 6.45) is 1.87. The number of nitrogens with one attached hydrogen (secondary N) is 2. The first-order chi connectivity index (χ1) is 9.97. The molecule has 2 atom stereocenters. The highest BCUT2D eigenvalue weighted by Gasteiger charge is 2.48. The molecule has 4 nitrogen and oxygen atoms in total. The number of benzene rings is 1. The average Bonchev–Trinajstić information content (AvgIpc) is 2.48. The van der Waals surface area contributed by atoms with Crippen molar-refractivity contribution in [1.82, 2.24) is 0 Å². The van der Waals surface area contributed by atoms with E-state index in [-0.39, 0.29) is 11.3 Å². The molecule has 2 unspecified atom stereocenters.